The van der Waals surface area contributed by atoms with Gasteiger partial charge in [0.15, 0.2) is 0 Å². The number of carbonyl (C=O) groups excluding carboxylic acids is 2. The fourth-order valence-electron chi connectivity index (χ4n) is 6.12. The number of ether oxygens (including phenoxy) is 1. The lowest BCUT2D eigenvalue weighted by atomic mass is 9.81. The molecule has 4 aliphatic rings. The van der Waals surface area contributed by atoms with Crippen molar-refractivity contribution >= 4 is 23.3 Å². The number of nitrogens with zero attached hydrogens (tertiary/aromatic N) is 3. The molecule has 1 amide bonds. The van der Waals surface area contributed by atoms with Gasteiger partial charge in [-0.1, -0.05) is 36.4 Å². The average molecular weight is 562 g/mol. The van der Waals surface area contributed by atoms with Crippen LogP contribution >= 0.6 is 0 Å². The average Bonchev–Trinajstić information content (AvgIpc) is 3.76. The molecule has 0 unspecified atom stereocenters. The zero-order valence-electron chi connectivity index (χ0n) is 25.0. The molecular weight excluding hydrogens is 514 g/mol. The van der Waals surface area contributed by atoms with Crippen molar-refractivity contribution in [3.63, 3.8) is 0 Å². The van der Waals surface area contributed by atoms with E-state index >= 15 is 0 Å². The summed E-state index contributed by atoms with van der Waals surface area (Å²) in [6.45, 7) is 13.9. The Labute approximate surface area is 245 Å². The Kier molecular flexibility index (Phi) is 9.19. The molecule has 3 heterocycles. The normalized spacial score (nSPS) is 23.8. The molecule has 0 bridgehead atoms. The number of para-hydroxylation sites is 2. The molecule has 2 aromatic carbocycles. The van der Waals surface area contributed by atoms with E-state index < -0.39 is 17.6 Å². The minimum atomic E-state index is -0.542. The van der Waals surface area contributed by atoms with Gasteiger partial charge in [-0.05, 0) is 69.7 Å². The van der Waals surface area contributed by atoms with Crippen molar-refractivity contribution in [3.8, 4) is 0 Å². The Balaban J connectivity index is 0.000000234. The van der Waals surface area contributed by atoms with Crippen LogP contribution in [0.3, 0.4) is 0 Å². The maximum Gasteiger partial charge on any atom is 0.311 e. The number of benzene rings is 2. The molecule has 1 spiro atoms. The summed E-state index contributed by atoms with van der Waals surface area (Å²) >= 11 is 0. The topological polar surface area (TPSA) is 77.2 Å². The highest BCUT2D eigenvalue weighted by Gasteiger charge is 2.53. The quantitative estimate of drug-likeness (QED) is 0.553. The number of hydrogen-bond donors (Lipinski definition) is 2. The van der Waals surface area contributed by atoms with Crippen molar-refractivity contribution < 1.29 is 14.3 Å². The van der Waals surface area contributed by atoms with E-state index in [2.05, 4.69) is 62.9 Å². The Bertz CT molecular complexity index is 1130. The van der Waals surface area contributed by atoms with Crippen LogP contribution < -0.4 is 20.4 Å². The summed E-state index contributed by atoms with van der Waals surface area (Å²) in [5.74, 6) is -0.591. The van der Waals surface area contributed by atoms with E-state index in [1.807, 2.05) is 43.9 Å². The van der Waals surface area contributed by atoms with Crippen LogP contribution in [0.2, 0.25) is 0 Å². The molecule has 1 saturated carbocycles. The van der Waals surface area contributed by atoms with Gasteiger partial charge in [-0.2, -0.15) is 0 Å². The molecule has 8 nitrogen and oxygen atoms in total. The third kappa shape index (κ3) is 7.80. The van der Waals surface area contributed by atoms with Crippen LogP contribution in [-0.4, -0.2) is 87.3 Å². The first-order valence-corrected chi connectivity index (χ1v) is 15.3. The highest BCUT2D eigenvalue weighted by Crippen LogP contribution is 2.53. The molecule has 222 valence electrons. The molecule has 4 fully saturated rings. The molecular formula is C33H47N5O3. The second-order valence-corrected chi connectivity index (χ2v) is 12.9. The summed E-state index contributed by atoms with van der Waals surface area (Å²) in [7, 11) is 0. The van der Waals surface area contributed by atoms with E-state index in [4.69, 9.17) is 4.74 Å². The Morgan fingerprint density at radius 3 is 1.85 bits per heavy atom. The lowest BCUT2D eigenvalue weighted by Gasteiger charge is -2.41. The van der Waals surface area contributed by atoms with Gasteiger partial charge in [0.2, 0.25) is 5.91 Å². The summed E-state index contributed by atoms with van der Waals surface area (Å²) in [5.41, 5.74) is 2.20. The van der Waals surface area contributed by atoms with Crippen LogP contribution in [0, 0.1) is 11.3 Å². The van der Waals surface area contributed by atoms with Crippen LogP contribution in [0.15, 0.2) is 60.7 Å². The first-order valence-electron chi connectivity index (χ1n) is 15.3. The lowest BCUT2D eigenvalue weighted by molar-refractivity contribution is -0.165. The summed E-state index contributed by atoms with van der Waals surface area (Å²) in [5, 5.41) is 6.77. The van der Waals surface area contributed by atoms with Crippen molar-refractivity contribution in [3.05, 3.63) is 60.7 Å². The van der Waals surface area contributed by atoms with Crippen molar-refractivity contribution in [2.24, 2.45) is 11.3 Å². The molecule has 3 saturated heterocycles. The number of amides is 1. The maximum absolute atomic E-state index is 13.3. The van der Waals surface area contributed by atoms with Gasteiger partial charge < -0.3 is 30.1 Å². The zero-order valence-corrected chi connectivity index (χ0v) is 25.0. The lowest BCUT2D eigenvalue weighted by Crippen LogP contribution is -2.60. The highest BCUT2D eigenvalue weighted by atomic mass is 16.6. The van der Waals surface area contributed by atoms with Gasteiger partial charge in [-0.15, -0.1) is 0 Å². The van der Waals surface area contributed by atoms with Crippen LogP contribution in [-0.2, 0) is 14.3 Å². The van der Waals surface area contributed by atoms with Crippen LogP contribution in [0.4, 0.5) is 11.4 Å². The Hall–Kier alpha value is -3.10. The van der Waals surface area contributed by atoms with Gasteiger partial charge >= 0.3 is 5.97 Å². The third-order valence-corrected chi connectivity index (χ3v) is 8.64. The first-order chi connectivity index (χ1) is 19.7. The fourth-order valence-corrected chi connectivity index (χ4v) is 6.12. The molecule has 0 aromatic heterocycles. The standard InChI is InChI=1S/C23H33N3O3.C10H14N2/c1-22(2,3)29-21(28)18-15-23(9-10-23)16-24-19(18)20(27)26-13-11-25(12-14-26)17-7-5-4-6-8-17;1-2-4-10(5-3-1)12-8-6-11-7-9-12/h4-8,18-19,24H,9-16H2,1-3H3;1-5,11H,6-9H2/t18-,19-;/m0./s1. The Morgan fingerprint density at radius 1 is 0.805 bits per heavy atom. The van der Waals surface area contributed by atoms with Crippen LogP contribution in [0.5, 0.6) is 0 Å². The predicted molar refractivity (Wildman–Crippen MR) is 164 cm³/mol. The summed E-state index contributed by atoms with van der Waals surface area (Å²) in [6, 6.07) is 20.4. The van der Waals surface area contributed by atoms with E-state index in [0.29, 0.717) is 13.1 Å². The van der Waals surface area contributed by atoms with Crippen molar-refractivity contribution in [1.29, 1.82) is 0 Å². The van der Waals surface area contributed by atoms with Gasteiger partial charge in [0.1, 0.15) is 11.6 Å². The molecule has 2 N–H and O–H groups in total. The molecule has 2 atom stereocenters. The number of rotatable bonds is 4. The number of hydrogen-bond acceptors (Lipinski definition) is 7. The fraction of sp³-hybridized carbons (Fsp3) is 0.576. The number of carbonyl (C=O) groups is 2. The van der Waals surface area contributed by atoms with Crippen LogP contribution in [0.25, 0.3) is 0 Å². The van der Waals surface area contributed by atoms with Gasteiger partial charge in [-0.25, -0.2) is 0 Å². The van der Waals surface area contributed by atoms with Gasteiger partial charge in [0, 0.05) is 70.3 Å². The number of piperazine rings is 2. The SMILES string of the molecule is CC(C)(C)OC(=O)[C@H]1CC2(CC2)CN[C@@H]1C(=O)N1CCN(c2ccccc2)CC1.c1ccc(N2CCNCC2)cc1. The maximum atomic E-state index is 13.3. The van der Waals surface area contributed by atoms with Crippen molar-refractivity contribution in [2.45, 2.75) is 51.7 Å². The minimum absolute atomic E-state index is 0.0454. The van der Waals surface area contributed by atoms with Crippen LogP contribution in [0.1, 0.15) is 40.0 Å². The van der Waals surface area contributed by atoms with E-state index in [-0.39, 0.29) is 17.3 Å². The Morgan fingerprint density at radius 2 is 1.34 bits per heavy atom. The number of nitrogens with one attached hydrogen (secondary N) is 2. The largest absolute Gasteiger partial charge is 0.460 e. The van der Waals surface area contributed by atoms with Gasteiger partial charge in [0.25, 0.3) is 0 Å². The predicted octanol–water partition coefficient (Wildman–Crippen LogP) is 3.53. The summed E-state index contributed by atoms with van der Waals surface area (Å²) in [6.07, 6.45) is 3.03. The molecule has 8 heteroatoms. The molecule has 2 aromatic rings. The number of piperidine rings is 1. The third-order valence-electron chi connectivity index (χ3n) is 8.64. The minimum Gasteiger partial charge on any atom is -0.460 e. The van der Waals surface area contributed by atoms with E-state index in [0.717, 1.165) is 65.1 Å². The van der Waals surface area contributed by atoms with Crippen molar-refractivity contribution in [2.75, 3.05) is 68.7 Å². The molecule has 6 rings (SSSR count). The molecule has 41 heavy (non-hydrogen) atoms. The molecule has 3 aliphatic heterocycles. The van der Waals surface area contributed by atoms with E-state index in [1.54, 1.807) is 0 Å². The first kappa shape index (κ1) is 29.4. The van der Waals surface area contributed by atoms with E-state index in [9.17, 15) is 9.59 Å². The second kappa shape index (κ2) is 12.8. The zero-order chi connectivity index (χ0) is 28.9. The highest BCUT2D eigenvalue weighted by molar-refractivity contribution is 5.89. The molecule has 0 radical (unpaired) electrons. The number of esters is 1. The monoisotopic (exact) mass is 561 g/mol. The summed E-state index contributed by atoms with van der Waals surface area (Å²) in [4.78, 5) is 32.9. The summed E-state index contributed by atoms with van der Waals surface area (Å²) < 4.78 is 5.68. The van der Waals surface area contributed by atoms with Gasteiger partial charge in [0.05, 0.1) is 5.92 Å². The van der Waals surface area contributed by atoms with Gasteiger partial charge in [-0.3, -0.25) is 9.59 Å². The van der Waals surface area contributed by atoms with Crippen molar-refractivity contribution in [1.82, 2.24) is 15.5 Å². The number of anilines is 2. The van der Waals surface area contributed by atoms with E-state index in [1.165, 1.54) is 11.4 Å². The second-order valence-electron chi connectivity index (χ2n) is 12.9. The smallest absolute Gasteiger partial charge is 0.311 e. The molecule has 1 aliphatic carbocycles.